The summed E-state index contributed by atoms with van der Waals surface area (Å²) in [5, 5.41) is 3.69. The minimum absolute atomic E-state index is 0.189. The van der Waals surface area contributed by atoms with Gasteiger partial charge in [-0.1, -0.05) is 42.0 Å². The molecule has 1 amide bonds. The zero-order valence-electron chi connectivity index (χ0n) is 15.0. The Kier molecular flexibility index (Phi) is 3.68. The van der Waals surface area contributed by atoms with Crippen molar-refractivity contribution in [1.82, 2.24) is 0 Å². The van der Waals surface area contributed by atoms with Crippen molar-refractivity contribution in [3.8, 4) is 0 Å². The van der Waals surface area contributed by atoms with Crippen LogP contribution in [0.1, 0.15) is 56.6 Å². The average Bonchev–Trinajstić information content (AvgIpc) is 3.03. The zero-order chi connectivity index (χ0) is 17.7. The third kappa shape index (κ3) is 2.46. The summed E-state index contributed by atoms with van der Waals surface area (Å²) < 4.78 is 0. The first-order valence-corrected chi connectivity index (χ1v) is 8.91. The molecular formula is C22H24N2O. The number of nitrogens with two attached hydrogens (primary N) is 1. The van der Waals surface area contributed by atoms with E-state index in [1.807, 2.05) is 12.1 Å². The van der Waals surface area contributed by atoms with Crippen molar-refractivity contribution in [1.29, 1.82) is 0 Å². The van der Waals surface area contributed by atoms with Crippen molar-refractivity contribution in [3.05, 3.63) is 75.9 Å². The summed E-state index contributed by atoms with van der Waals surface area (Å²) >= 11 is 0. The van der Waals surface area contributed by atoms with Crippen molar-refractivity contribution < 1.29 is 4.79 Å². The fourth-order valence-electron chi connectivity index (χ4n) is 4.79. The number of primary amides is 1. The van der Waals surface area contributed by atoms with Gasteiger partial charge in [-0.05, 0) is 61.4 Å². The number of fused-ring (bicyclic) bond motifs is 3. The molecule has 3 atom stereocenters. The fourth-order valence-corrected chi connectivity index (χ4v) is 4.79. The third-order valence-electron chi connectivity index (χ3n) is 5.71. The zero-order valence-corrected chi connectivity index (χ0v) is 15.0. The van der Waals surface area contributed by atoms with Crippen LogP contribution < -0.4 is 11.1 Å². The van der Waals surface area contributed by atoms with Crippen molar-refractivity contribution >= 4 is 11.6 Å². The molecule has 1 aliphatic heterocycles. The number of carbonyl (C=O) groups excluding carboxylic acids is 1. The smallest absolute Gasteiger partial charge is 0.250 e. The summed E-state index contributed by atoms with van der Waals surface area (Å²) in [6.07, 6.45) is 5.62. The van der Waals surface area contributed by atoms with Crippen LogP contribution in [0.3, 0.4) is 0 Å². The number of carbonyl (C=O) groups is 1. The van der Waals surface area contributed by atoms with Gasteiger partial charge >= 0.3 is 0 Å². The molecule has 0 saturated heterocycles. The predicted octanol–water partition coefficient (Wildman–Crippen LogP) is 4.54. The first kappa shape index (κ1) is 15.9. The molecule has 0 fully saturated rings. The number of hydrogen-bond acceptors (Lipinski definition) is 2. The van der Waals surface area contributed by atoms with Crippen LogP contribution in [0.4, 0.5) is 5.69 Å². The average molecular weight is 332 g/mol. The van der Waals surface area contributed by atoms with E-state index in [0.717, 1.165) is 12.1 Å². The van der Waals surface area contributed by atoms with Gasteiger partial charge in [0.2, 0.25) is 0 Å². The minimum atomic E-state index is -0.374. The van der Waals surface area contributed by atoms with Crippen LogP contribution in [0.15, 0.2) is 42.5 Å². The van der Waals surface area contributed by atoms with Crippen LogP contribution in [-0.4, -0.2) is 5.91 Å². The van der Waals surface area contributed by atoms with Gasteiger partial charge in [-0.3, -0.25) is 4.79 Å². The summed E-state index contributed by atoms with van der Waals surface area (Å²) in [7, 11) is 0. The molecule has 1 aliphatic carbocycles. The van der Waals surface area contributed by atoms with E-state index < -0.39 is 0 Å². The topological polar surface area (TPSA) is 55.1 Å². The van der Waals surface area contributed by atoms with Gasteiger partial charge < -0.3 is 11.1 Å². The molecule has 2 aromatic carbocycles. The molecule has 3 heteroatoms. The number of hydrogen-bond donors (Lipinski definition) is 2. The van der Waals surface area contributed by atoms with Gasteiger partial charge in [-0.2, -0.15) is 0 Å². The highest BCUT2D eigenvalue weighted by Gasteiger charge is 2.40. The highest BCUT2D eigenvalue weighted by atomic mass is 16.1. The molecule has 128 valence electrons. The molecule has 25 heavy (non-hydrogen) atoms. The molecular weight excluding hydrogens is 308 g/mol. The molecule has 2 aliphatic rings. The standard InChI is InChI=1S/C22H24N2O/c1-12-10-13(2)19(14(3)11-12)21-17-8-4-6-15(17)16-7-5-9-18(22(23)25)20(16)24-21/h4-7,9-11,15,17,21,24H,8H2,1-3H3,(H2,23,25). The summed E-state index contributed by atoms with van der Waals surface area (Å²) in [6.45, 7) is 6.51. The maximum Gasteiger partial charge on any atom is 0.250 e. The monoisotopic (exact) mass is 332 g/mol. The number of allylic oxidation sites excluding steroid dienone is 2. The summed E-state index contributed by atoms with van der Waals surface area (Å²) in [4.78, 5) is 12.0. The lowest BCUT2D eigenvalue weighted by molar-refractivity contribution is 0.100. The van der Waals surface area contributed by atoms with Gasteiger partial charge in [-0.25, -0.2) is 0 Å². The first-order valence-electron chi connectivity index (χ1n) is 8.91. The molecule has 0 aromatic heterocycles. The number of benzene rings is 2. The Morgan fingerprint density at radius 3 is 2.56 bits per heavy atom. The Labute approximate surface area is 148 Å². The van der Waals surface area contributed by atoms with Crippen molar-refractivity contribution in [2.75, 3.05) is 5.32 Å². The van der Waals surface area contributed by atoms with E-state index >= 15 is 0 Å². The maximum atomic E-state index is 12.0. The van der Waals surface area contributed by atoms with E-state index in [0.29, 0.717) is 17.4 Å². The second-order valence-corrected chi connectivity index (χ2v) is 7.42. The summed E-state index contributed by atoms with van der Waals surface area (Å²) in [5.74, 6) is 0.428. The van der Waals surface area contributed by atoms with Crippen LogP contribution in [-0.2, 0) is 0 Å². The van der Waals surface area contributed by atoms with Gasteiger partial charge in [0, 0.05) is 5.92 Å². The molecule has 4 rings (SSSR count). The Bertz CT molecular complexity index is 874. The molecule has 3 unspecified atom stereocenters. The second kappa shape index (κ2) is 5.76. The van der Waals surface area contributed by atoms with Gasteiger partial charge in [0.05, 0.1) is 17.3 Å². The molecule has 2 aromatic rings. The van der Waals surface area contributed by atoms with Crippen molar-refractivity contribution in [2.45, 2.75) is 39.2 Å². The largest absolute Gasteiger partial charge is 0.377 e. The molecule has 3 N–H and O–H groups in total. The van der Waals surface area contributed by atoms with E-state index in [-0.39, 0.29) is 11.9 Å². The second-order valence-electron chi connectivity index (χ2n) is 7.42. The van der Waals surface area contributed by atoms with Crippen molar-refractivity contribution in [2.24, 2.45) is 11.7 Å². The van der Waals surface area contributed by atoms with E-state index in [4.69, 9.17) is 5.73 Å². The Hall–Kier alpha value is -2.55. The normalized spacial score (nSPS) is 23.7. The van der Waals surface area contributed by atoms with Crippen LogP contribution in [0.2, 0.25) is 0 Å². The van der Waals surface area contributed by atoms with Crippen LogP contribution in [0.25, 0.3) is 0 Å². The molecule has 0 saturated carbocycles. The lowest BCUT2D eigenvalue weighted by Crippen LogP contribution is -2.32. The quantitative estimate of drug-likeness (QED) is 0.793. The Balaban J connectivity index is 1.89. The maximum absolute atomic E-state index is 12.0. The lowest BCUT2D eigenvalue weighted by atomic mass is 9.74. The molecule has 0 spiro atoms. The third-order valence-corrected chi connectivity index (χ3v) is 5.71. The van der Waals surface area contributed by atoms with Crippen LogP contribution in [0, 0.1) is 26.7 Å². The Morgan fingerprint density at radius 2 is 1.88 bits per heavy atom. The SMILES string of the molecule is Cc1cc(C)c(C2Nc3c(C(N)=O)cccc3C3C=CCC32)c(C)c1. The highest BCUT2D eigenvalue weighted by Crippen LogP contribution is 2.51. The predicted molar refractivity (Wildman–Crippen MR) is 102 cm³/mol. The van der Waals surface area contributed by atoms with E-state index in [9.17, 15) is 4.79 Å². The van der Waals surface area contributed by atoms with Crippen LogP contribution in [0.5, 0.6) is 0 Å². The van der Waals surface area contributed by atoms with E-state index in [1.54, 1.807) is 0 Å². The molecule has 1 heterocycles. The van der Waals surface area contributed by atoms with E-state index in [2.05, 4.69) is 56.4 Å². The number of aryl methyl sites for hydroxylation is 3. The summed E-state index contributed by atoms with van der Waals surface area (Å²) in [5.41, 5.74) is 13.6. The van der Waals surface area contributed by atoms with Gasteiger partial charge in [0.25, 0.3) is 5.91 Å². The number of anilines is 1. The number of para-hydroxylation sites is 1. The number of amides is 1. The number of nitrogens with one attached hydrogen (secondary N) is 1. The van der Waals surface area contributed by atoms with Gasteiger partial charge in [-0.15, -0.1) is 0 Å². The Morgan fingerprint density at radius 1 is 1.16 bits per heavy atom. The van der Waals surface area contributed by atoms with Crippen LogP contribution >= 0.6 is 0 Å². The molecule has 0 bridgehead atoms. The molecule has 3 nitrogen and oxygen atoms in total. The van der Waals surface area contributed by atoms with Gasteiger partial charge in [0.15, 0.2) is 0 Å². The van der Waals surface area contributed by atoms with Crippen molar-refractivity contribution in [3.63, 3.8) is 0 Å². The van der Waals surface area contributed by atoms with E-state index in [1.165, 1.54) is 27.8 Å². The lowest BCUT2D eigenvalue weighted by Gasteiger charge is -2.39. The van der Waals surface area contributed by atoms with Gasteiger partial charge in [0.1, 0.15) is 0 Å². The summed E-state index contributed by atoms with van der Waals surface area (Å²) in [6, 6.07) is 10.6. The highest BCUT2D eigenvalue weighted by molar-refractivity contribution is 5.99. The first-order chi connectivity index (χ1) is 12.0. The molecule has 0 radical (unpaired) electrons. The number of rotatable bonds is 2. The fraction of sp³-hybridized carbons (Fsp3) is 0.318. The minimum Gasteiger partial charge on any atom is -0.377 e.